The maximum absolute atomic E-state index is 13.3. The minimum absolute atomic E-state index is 0.324. The second-order valence-corrected chi connectivity index (χ2v) is 5.15. The number of halogens is 2. The number of nitriles is 1. The highest BCUT2D eigenvalue weighted by Gasteiger charge is 2.08. The molecule has 4 heteroatoms. The third-order valence-electron chi connectivity index (χ3n) is 2.97. The molecule has 0 fully saturated rings. The number of nitrogens with zero attached hydrogens (tertiary/aromatic N) is 2. The van der Waals surface area contributed by atoms with Crippen LogP contribution in [0.2, 0.25) is 5.02 Å². The van der Waals surface area contributed by atoms with E-state index in [1.807, 2.05) is 36.2 Å². The average molecular weight is 289 g/mol. The summed E-state index contributed by atoms with van der Waals surface area (Å²) in [5, 5.41) is 9.73. The maximum Gasteiger partial charge on any atom is 0.123 e. The largest absolute Gasteiger partial charge is 0.298 e. The van der Waals surface area contributed by atoms with Crippen molar-refractivity contribution in [3.05, 3.63) is 70.0 Å². The van der Waals surface area contributed by atoms with Crippen LogP contribution in [-0.4, -0.2) is 11.9 Å². The van der Waals surface area contributed by atoms with Crippen LogP contribution in [-0.2, 0) is 13.1 Å². The van der Waals surface area contributed by atoms with Gasteiger partial charge in [0.25, 0.3) is 0 Å². The van der Waals surface area contributed by atoms with Crippen molar-refractivity contribution in [3.8, 4) is 6.07 Å². The SMILES string of the molecule is CN(Cc1cccc(Cl)c1)Cc1cc(F)ccc1C#N. The van der Waals surface area contributed by atoms with Crippen molar-refractivity contribution in [1.82, 2.24) is 4.90 Å². The summed E-state index contributed by atoms with van der Waals surface area (Å²) in [5.41, 5.74) is 2.27. The van der Waals surface area contributed by atoms with E-state index in [0.29, 0.717) is 29.2 Å². The third-order valence-corrected chi connectivity index (χ3v) is 3.20. The van der Waals surface area contributed by atoms with Gasteiger partial charge in [0.15, 0.2) is 0 Å². The molecule has 0 saturated carbocycles. The first-order valence-electron chi connectivity index (χ1n) is 6.20. The van der Waals surface area contributed by atoms with Crippen LogP contribution in [0, 0.1) is 17.1 Å². The van der Waals surface area contributed by atoms with E-state index in [1.165, 1.54) is 18.2 Å². The molecule has 0 bridgehead atoms. The van der Waals surface area contributed by atoms with Crippen LogP contribution in [0.15, 0.2) is 42.5 Å². The summed E-state index contributed by atoms with van der Waals surface area (Å²) >= 11 is 5.95. The van der Waals surface area contributed by atoms with Gasteiger partial charge in [-0.05, 0) is 48.5 Å². The van der Waals surface area contributed by atoms with Crippen molar-refractivity contribution in [3.63, 3.8) is 0 Å². The first kappa shape index (κ1) is 14.5. The lowest BCUT2D eigenvalue weighted by Gasteiger charge is -2.17. The lowest BCUT2D eigenvalue weighted by molar-refractivity contribution is 0.318. The molecule has 0 unspecified atom stereocenters. The highest BCUT2D eigenvalue weighted by molar-refractivity contribution is 6.30. The Kier molecular flexibility index (Phi) is 4.73. The standard InChI is InChI=1S/C16H14ClFN2/c1-20(10-12-3-2-4-15(17)7-12)11-14-8-16(18)6-5-13(14)9-19/h2-8H,10-11H2,1H3. The molecule has 0 amide bonds. The van der Waals surface area contributed by atoms with Crippen LogP contribution >= 0.6 is 11.6 Å². The molecule has 0 atom stereocenters. The molecule has 2 nitrogen and oxygen atoms in total. The van der Waals surface area contributed by atoms with Crippen molar-refractivity contribution in [2.24, 2.45) is 0 Å². The fourth-order valence-corrected chi connectivity index (χ4v) is 2.31. The van der Waals surface area contributed by atoms with Crippen LogP contribution < -0.4 is 0 Å². The molecule has 0 aliphatic carbocycles. The highest BCUT2D eigenvalue weighted by atomic mass is 35.5. The van der Waals surface area contributed by atoms with E-state index in [1.54, 1.807) is 0 Å². The molecule has 20 heavy (non-hydrogen) atoms. The molecule has 0 heterocycles. The minimum atomic E-state index is -0.324. The molecule has 0 spiro atoms. The van der Waals surface area contributed by atoms with E-state index >= 15 is 0 Å². The molecule has 0 aliphatic rings. The quantitative estimate of drug-likeness (QED) is 0.851. The second-order valence-electron chi connectivity index (χ2n) is 4.72. The normalized spacial score (nSPS) is 10.6. The first-order valence-corrected chi connectivity index (χ1v) is 6.58. The molecule has 0 aliphatic heterocycles. The average Bonchev–Trinajstić information content (AvgIpc) is 2.38. The molecule has 2 rings (SSSR count). The van der Waals surface area contributed by atoms with Crippen molar-refractivity contribution < 1.29 is 4.39 Å². The Hall–Kier alpha value is -1.89. The summed E-state index contributed by atoms with van der Waals surface area (Å²) < 4.78 is 13.3. The molecule has 2 aromatic carbocycles. The zero-order valence-electron chi connectivity index (χ0n) is 11.1. The number of hydrogen-bond donors (Lipinski definition) is 0. The monoisotopic (exact) mass is 288 g/mol. The van der Waals surface area contributed by atoms with Crippen LogP contribution in [0.3, 0.4) is 0 Å². The predicted octanol–water partition coefficient (Wildman–Crippen LogP) is 3.98. The van der Waals surface area contributed by atoms with E-state index < -0.39 is 0 Å². The van der Waals surface area contributed by atoms with Gasteiger partial charge < -0.3 is 0 Å². The van der Waals surface area contributed by atoms with E-state index in [4.69, 9.17) is 16.9 Å². The summed E-state index contributed by atoms with van der Waals surface area (Å²) in [6.07, 6.45) is 0. The van der Waals surface area contributed by atoms with Gasteiger partial charge >= 0.3 is 0 Å². The number of rotatable bonds is 4. The van der Waals surface area contributed by atoms with Gasteiger partial charge in [-0.25, -0.2) is 4.39 Å². The third kappa shape index (κ3) is 3.80. The van der Waals surface area contributed by atoms with Gasteiger partial charge in [0.2, 0.25) is 0 Å². The molecular formula is C16H14ClFN2. The van der Waals surface area contributed by atoms with Gasteiger partial charge in [-0.3, -0.25) is 4.90 Å². The Bertz CT molecular complexity index is 649. The fourth-order valence-electron chi connectivity index (χ4n) is 2.10. The van der Waals surface area contributed by atoms with Crippen molar-refractivity contribution in [2.45, 2.75) is 13.1 Å². The van der Waals surface area contributed by atoms with Crippen molar-refractivity contribution in [2.75, 3.05) is 7.05 Å². The Morgan fingerprint density at radius 1 is 1.20 bits per heavy atom. The zero-order valence-corrected chi connectivity index (χ0v) is 11.9. The Labute approximate surface area is 123 Å². The van der Waals surface area contributed by atoms with Gasteiger partial charge in [0, 0.05) is 18.1 Å². The zero-order chi connectivity index (χ0) is 14.5. The van der Waals surface area contributed by atoms with Gasteiger partial charge in [-0.2, -0.15) is 5.26 Å². The molecular weight excluding hydrogens is 275 g/mol. The van der Waals surface area contributed by atoms with Gasteiger partial charge in [0.05, 0.1) is 11.6 Å². The Morgan fingerprint density at radius 2 is 2.00 bits per heavy atom. The molecule has 0 saturated heterocycles. The molecule has 0 radical (unpaired) electrons. The predicted molar refractivity (Wildman–Crippen MR) is 77.7 cm³/mol. The van der Waals surface area contributed by atoms with E-state index in [9.17, 15) is 4.39 Å². The van der Waals surface area contributed by atoms with Crippen molar-refractivity contribution in [1.29, 1.82) is 5.26 Å². The van der Waals surface area contributed by atoms with Crippen LogP contribution in [0.1, 0.15) is 16.7 Å². The molecule has 2 aromatic rings. The van der Waals surface area contributed by atoms with E-state index in [2.05, 4.69) is 6.07 Å². The van der Waals surface area contributed by atoms with Gasteiger partial charge in [-0.1, -0.05) is 23.7 Å². The number of hydrogen-bond acceptors (Lipinski definition) is 2. The van der Waals surface area contributed by atoms with E-state index in [0.717, 1.165) is 5.56 Å². The van der Waals surface area contributed by atoms with Crippen LogP contribution in [0.5, 0.6) is 0 Å². The highest BCUT2D eigenvalue weighted by Crippen LogP contribution is 2.16. The Morgan fingerprint density at radius 3 is 2.70 bits per heavy atom. The molecule has 0 aromatic heterocycles. The first-order chi connectivity index (χ1) is 9.58. The van der Waals surface area contributed by atoms with Crippen LogP contribution in [0.25, 0.3) is 0 Å². The summed E-state index contributed by atoms with van der Waals surface area (Å²) in [6, 6.07) is 13.9. The number of benzene rings is 2. The maximum atomic E-state index is 13.3. The summed E-state index contributed by atoms with van der Waals surface area (Å²) in [7, 11) is 1.92. The lowest BCUT2D eigenvalue weighted by Crippen LogP contribution is -2.18. The Balaban J connectivity index is 2.10. The van der Waals surface area contributed by atoms with E-state index in [-0.39, 0.29) is 5.82 Å². The van der Waals surface area contributed by atoms with Gasteiger partial charge in [-0.15, -0.1) is 0 Å². The topological polar surface area (TPSA) is 27.0 Å². The van der Waals surface area contributed by atoms with Crippen molar-refractivity contribution >= 4 is 11.6 Å². The summed E-state index contributed by atoms with van der Waals surface area (Å²) in [6.45, 7) is 1.19. The second kappa shape index (κ2) is 6.51. The molecule has 102 valence electrons. The van der Waals surface area contributed by atoms with Gasteiger partial charge in [0.1, 0.15) is 5.82 Å². The lowest BCUT2D eigenvalue weighted by atomic mass is 10.1. The minimum Gasteiger partial charge on any atom is -0.298 e. The fraction of sp³-hybridized carbons (Fsp3) is 0.188. The molecule has 0 N–H and O–H groups in total. The van der Waals surface area contributed by atoms with Crippen LogP contribution in [0.4, 0.5) is 4.39 Å². The summed E-state index contributed by atoms with van der Waals surface area (Å²) in [5.74, 6) is -0.324. The smallest absolute Gasteiger partial charge is 0.123 e. The summed E-state index contributed by atoms with van der Waals surface area (Å²) in [4.78, 5) is 2.02.